The highest BCUT2D eigenvalue weighted by Crippen LogP contribution is 2.26. The zero-order chi connectivity index (χ0) is 15.4. The first-order valence-electron chi connectivity index (χ1n) is 6.61. The van der Waals surface area contributed by atoms with E-state index in [9.17, 15) is 4.79 Å². The van der Waals surface area contributed by atoms with E-state index in [0.29, 0.717) is 34.3 Å². The summed E-state index contributed by atoms with van der Waals surface area (Å²) in [5, 5.41) is 3.24. The predicted octanol–water partition coefficient (Wildman–Crippen LogP) is 3.88. The normalized spacial score (nSPS) is 10.2. The summed E-state index contributed by atoms with van der Waals surface area (Å²) in [6.07, 6.45) is 0. The van der Waals surface area contributed by atoms with E-state index in [1.165, 1.54) is 0 Å². The zero-order valence-corrected chi connectivity index (χ0v) is 12.7. The number of halogens is 1. The summed E-state index contributed by atoms with van der Waals surface area (Å²) in [6, 6.07) is 10.3. The fourth-order valence-corrected chi connectivity index (χ4v) is 2.12. The molecule has 0 radical (unpaired) electrons. The molecule has 3 N–H and O–H groups in total. The van der Waals surface area contributed by atoms with E-state index in [1.54, 1.807) is 30.3 Å². The van der Waals surface area contributed by atoms with Gasteiger partial charge >= 0.3 is 0 Å². The average molecular weight is 305 g/mol. The highest BCUT2D eigenvalue weighted by molar-refractivity contribution is 6.32. The molecule has 0 unspecified atom stereocenters. The Morgan fingerprint density at radius 1 is 1.29 bits per heavy atom. The maximum absolute atomic E-state index is 12.2. The largest absolute Gasteiger partial charge is 0.492 e. The van der Waals surface area contributed by atoms with Crippen LogP contribution in [-0.2, 0) is 0 Å². The summed E-state index contributed by atoms with van der Waals surface area (Å²) in [5.74, 6) is 0.324. The van der Waals surface area contributed by atoms with Crippen LogP contribution in [0.1, 0.15) is 22.8 Å². The Labute approximate surface area is 128 Å². The Bertz CT molecular complexity index is 671. The summed E-state index contributed by atoms with van der Waals surface area (Å²) in [4.78, 5) is 12.2. The lowest BCUT2D eigenvalue weighted by atomic mass is 10.1. The molecule has 2 rings (SSSR count). The number of carbonyl (C=O) groups is 1. The third-order valence-corrected chi connectivity index (χ3v) is 3.30. The van der Waals surface area contributed by atoms with Crippen molar-refractivity contribution in [3.05, 3.63) is 52.5 Å². The molecular formula is C16H17ClN2O2. The van der Waals surface area contributed by atoms with Gasteiger partial charge in [0.25, 0.3) is 5.91 Å². The van der Waals surface area contributed by atoms with Gasteiger partial charge in [0.1, 0.15) is 5.75 Å². The van der Waals surface area contributed by atoms with Crippen molar-refractivity contribution in [2.75, 3.05) is 17.7 Å². The quantitative estimate of drug-likeness (QED) is 0.842. The van der Waals surface area contributed by atoms with E-state index in [1.807, 2.05) is 19.9 Å². The van der Waals surface area contributed by atoms with Crippen LogP contribution >= 0.6 is 11.6 Å². The minimum Gasteiger partial charge on any atom is -0.492 e. The maximum Gasteiger partial charge on any atom is 0.255 e. The number of nitrogens with two attached hydrogens (primary N) is 1. The van der Waals surface area contributed by atoms with Gasteiger partial charge in [0.05, 0.1) is 11.6 Å². The molecule has 0 saturated carbocycles. The van der Waals surface area contributed by atoms with Gasteiger partial charge in [-0.05, 0) is 49.7 Å². The Kier molecular flexibility index (Phi) is 4.70. The molecule has 4 nitrogen and oxygen atoms in total. The van der Waals surface area contributed by atoms with E-state index in [0.717, 1.165) is 5.56 Å². The van der Waals surface area contributed by atoms with Crippen LogP contribution in [0.4, 0.5) is 11.4 Å². The van der Waals surface area contributed by atoms with Crippen molar-refractivity contribution in [3.63, 3.8) is 0 Å². The van der Waals surface area contributed by atoms with Crippen molar-refractivity contribution in [1.29, 1.82) is 0 Å². The third-order valence-electron chi connectivity index (χ3n) is 3.00. The van der Waals surface area contributed by atoms with Gasteiger partial charge < -0.3 is 15.8 Å². The number of hydrogen-bond donors (Lipinski definition) is 2. The average Bonchev–Trinajstić information content (AvgIpc) is 2.45. The molecule has 5 heteroatoms. The van der Waals surface area contributed by atoms with Crippen LogP contribution in [0.3, 0.4) is 0 Å². The van der Waals surface area contributed by atoms with Crippen LogP contribution in [0.5, 0.6) is 5.75 Å². The number of aryl methyl sites for hydroxylation is 1. The minimum atomic E-state index is -0.242. The molecule has 0 aromatic heterocycles. The van der Waals surface area contributed by atoms with Gasteiger partial charge in [-0.2, -0.15) is 0 Å². The summed E-state index contributed by atoms with van der Waals surface area (Å²) in [6.45, 7) is 4.30. The van der Waals surface area contributed by atoms with Crippen LogP contribution in [-0.4, -0.2) is 12.5 Å². The fourth-order valence-electron chi connectivity index (χ4n) is 1.88. The fraction of sp³-hybridized carbons (Fsp3) is 0.188. The van der Waals surface area contributed by atoms with Crippen molar-refractivity contribution in [2.24, 2.45) is 0 Å². The van der Waals surface area contributed by atoms with Crippen molar-refractivity contribution >= 4 is 28.9 Å². The van der Waals surface area contributed by atoms with E-state index in [2.05, 4.69) is 5.32 Å². The number of ether oxygens (including phenoxy) is 1. The molecule has 0 bridgehead atoms. The number of anilines is 2. The number of carbonyl (C=O) groups excluding carboxylic acids is 1. The number of nitrogen functional groups attached to an aromatic ring is 1. The van der Waals surface area contributed by atoms with Gasteiger partial charge in [-0.15, -0.1) is 0 Å². The summed E-state index contributed by atoms with van der Waals surface area (Å²) in [5.41, 5.74) is 8.42. The van der Waals surface area contributed by atoms with Gasteiger partial charge in [0, 0.05) is 16.9 Å². The molecule has 1 amide bonds. The van der Waals surface area contributed by atoms with Crippen molar-refractivity contribution in [2.45, 2.75) is 13.8 Å². The van der Waals surface area contributed by atoms with Crippen molar-refractivity contribution < 1.29 is 9.53 Å². The van der Waals surface area contributed by atoms with Gasteiger partial charge in [-0.25, -0.2) is 0 Å². The van der Waals surface area contributed by atoms with Crippen LogP contribution in [0.25, 0.3) is 0 Å². The Balaban J connectivity index is 2.20. The second-order valence-corrected chi connectivity index (χ2v) is 5.01. The lowest BCUT2D eigenvalue weighted by molar-refractivity contribution is 0.102. The number of rotatable bonds is 4. The molecule has 0 heterocycles. The predicted molar refractivity (Wildman–Crippen MR) is 86.2 cm³/mol. The molecule has 0 saturated heterocycles. The molecule has 110 valence electrons. The summed E-state index contributed by atoms with van der Waals surface area (Å²) >= 11 is 6.09. The van der Waals surface area contributed by atoms with Crippen LogP contribution in [0.2, 0.25) is 5.02 Å². The summed E-state index contributed by atoms with van der Waals surface area (Å²) < 4.78 is 5.34. The van der Waals surface area contributed by atoms with E-state index >= 15 is 0 Å². The van der Waals surface area contributed by atoms with Gasteiger partial charge in [-0.1, -0.05) is 17.7 Å². The minimum absolute atomic E-state index is 0.242. The monoisotopic (exact) mass is 304 g/mol. The van der Waals surface area contributed by atoms with E-state index < -0.39 is 0 Å². The first kappa shape index (κ1) is 15.2. The van der Waals surface area contributed by atoms with Crippen molar-refractivity contribution in [3.8, 4) is 5.75 Å². The second-order valence-electron chi connectivity index (χ2n) is 4.61. The molecule has 2 aromatic rings. The number of hydrogen-bond acceptors (Lipinski definition) is 3. The zero-order valence-electron chi connectivity index (χ0n) is 11.9. The molecule has 2 aromatic carbocycles. The standard InChI is InChI=1S/C16H17ClN2O2/c1-3-21-15-7-5-11(8-13(15)17)16(20)19-14-9-12(18)6-4-10(14)2/h4-9H,3,18H2,1-2H3,(H,19,20). The lowest BCUT2D eigenvalue weighted by Gasteiger charge is -2.11. The highest BCUT2D eigenvalue weighted by Gasteiger charge is 2.11. The summed E-state index contributed by atoms with van der Waals surface area (Å²) in [7, 11) is 0. The Morgan fingerprint density at radius 2 is 2.05 bits per heavy atom. The number of benzene rings is 2. The Hall–Kier alpha value is -2.20. The molecule has 0 spiro atoms. The molecule has 0 fully saturated rings. The van der Waals surface area contributed by atoms with E-state index in [4.69, 9.17) is 22.1 Å². The topological polar surface area (TPSA) is 64.3 Å². The van der Waals surface area contributed by atoms with Crippen molar-refractivity contribution in [1.82, 2.24) is 0 Å². The molecule has 0 atom stereocenters. The van der Waals surface area contributed by atoms with Crippen LogP contribution in [0.15, 0.2) is 36.4 Å². The third kappa shape index (κ3) is 3.67. The molecule has 0 aliphatic rings. The number of nitrogens with one attached hydrogen (secondary N) is 1. The molecule has 0 aliphatic carbocycles. The maximum atomic E-state index is 12.2. The molecule has 21 heavy (non-hydrogen) atoms. The van der Waals surface area contributed by atoms with Gasteiger partial charge in [0.15, 0.2) is 0 Å². The number of amides is 1. The smallest absolute Gasteiger partial charge is 0.255 e. The SMILES string of the molecule is CCOc1ccc(C(=O)Nc2cc(N)ccc2C)cc1Cl. The highest BCUT2D eigenvalue weighted by atomic mass is 35.5. The van der Waals surface area contributed by atoms with Crippen LogP contribution < -0.4 is 15.8 Å². The second kappa shape index (κ2) is 6.50. The lowest BCUT2D eigenvalue weighted by Crippen LogP contribution is -2.13. The van der Waals surface area contributed by atoms with Gasteiger partial charge in [0.2, 0.25) is 0 Å². The van der Waals surface area contributed by atoms with E-state index in [-0.39, 0.29) is 5.91 Å². The first-order valence-corrected chi connectivity index (χ1v) is 6.99. The molecule has 0 aliphatic heterocycles. The Morgan fingerprint density at radius 3 is 2.71 bits per heavy atom. The van der Waals surface area contributed by atoms with Gasteiger partial charge in [-0.3, -0.25) is 4.79 Å². The first-order chi connectivity index (χ1) is 10.0. The van der Waals surface area contributed by atoms with Crippen LogP contribution in [0, 0.1) is 6.92 Å². The molecular weight excluding hydrogens is 288 g/mol.